The van der Waals surface area contributed by atoms with Crippen LogP contribution in [0.15, 0.2) is 53.6 Å². The number of para-hydroxylation sites is 3. The summed E-state index contributed by atoms with van der Waals surface area (Å²) in [6, 6.07) is 14.3. The van der Waals surface area contributed by atoms with Crippen LogP contribution in [0.4, 0.5) is 5.69 Å². The highest BCUT2D eigenvalue weighted by Gasteiger charge is 2.11. The number of hydrogen-bond donors (Lipinski definition) is 2. The number of anilines is 1. The number of hydrazone groups is 1. The summed E-state index contributed by atoms with van der Waals surface area (Å²) in [4.78, 5) is 23.9. The van der Waals surface area contributed by atoms with Crippen LogP contribution in [-0.2, 0) is 9.59 Å². The third-order valence-electron chi connectivity index (χ3n) is 3.48. The van der Waals surface area contributed by atoms with Gasteiger partial charge < -0.3 is 14.8 Å². The molecule has 2 aromatic carbocycles. The molecule has 7 nitrogen and oxygen atoms in total. The summed E-state index contributed by atoms with van der Waals surface area (Å²) in [5, 5.41) is 6.53. The van der Waals surface area contributed by atoms with E-state index < -0.39 is 11.8 Å². The van der Waals surface area contributed by atoms with Gasteiger partial charge in [-0.1, -0.05) is 31.2 Å². The second-order valence-corrected chi connectivity index (χ2v) is 5.60. The van der Waals surface area contributed by atoms with Gasteiger partial charge in [-0.3, -0.25) is 9.59 Å². The summed E-state index contributed by atoms with van der Waals surface area (Å²) in [5.74, 6) is 0.226. The lowest BCUT2D eigenvalue weighted by Gasteiger charge is -2.09. The van der Waals surface area contributed by atoms with E-state index in [1.54, 1.807) is 24.3 Å². The van der Waals surface area contributed by atoms with Gasteiger partial charge in [-0.2, -0.15) is 5.10 Å². The van der Waals surface area contributed by atoms with Gasteiger partial charge in [0.15, 0.2) is 0 Å². The monoisotopic (exact) mass is 369 g/mol. The van der Waals surface area contributed by atoms with Crippen LogP contribution in [0.2, 0.25) is 0 Å². The van der Waals surface area contributed by atoms with Gasteiger partial charge in [0, 0.05) is 5.56 Å². The Morgan fingerprint density at radius 2 is 1.74 bits per heavy atom. The molecule has 0 radical (unpaired) electrons. The second kappa shape index (κ2) is 10.6. The lowest BCUT2D eigenvalue weighted by molar-refractivity contribution is -0.126. The maximum atomic E-state index is 12.0. The molecule has 142 valence electrons. The van der Waals surface area contributed by atoms with Gasteiger partial charge in [0.05, 0.1) is 25.6 Å². The summed E-state index contributed by atoms with van der Waals surface area (Å²) in [5.41, 5.74) is 3.59. The number of benzene rings is 2. The molecule has 0 aromatic heterocycles. The standard InChI is InChI=1S/C20H23N3O4/c1-3-12-27-17-10-6-4-8-15(17)14-21-23-20(25)13-19(24)22-16-9-5-7-11-18(16)26-2/h4-11,14H,3,12-13H2,1-2H3,(H,22,24)(H,23,25). The summed E-state index contributed by atoms with van der Waals surface area (Å²) in [6.07, 6.45) is 2.02. The molecule has 2 N–H and O–H groups in total. The van der Waals surface area contributed by atoms with E-state index in [0.29, 0.717) is 23.8 Å². The van der Waals surface area contributed by atoms with Crippen LogP contribution in [0.1, 0.15) is 25.3 Å². The SMILES string of the molecule is CCCOc1ccccc1C=NNC(=O)CC(=O)Nc1ccccc1OC. The molecule has 2 rings (SSSR count). The van der Waals surface area contributed by atoms with Gasteiger partial charge in [0.25, 0.3) is 0 Å². The van der Waals surface area contributed by atoms with Crippen molar-refractivity contribution in [2.75, 3.05) is 19.0 Å². The Bertz CT molecular complexity index is 805. The quantitative estimate of drug-likeness (QED) is 0.404. The van der Waals surface area contributed by atoms with Crippen molar-refractivity contribution in [3.63, 3.8) is 0 Å². The number of carbonyl (C=O) groups excluding carboxylic acids is 2. The highest BCUT2D eigenvalue weighted by Crippen LogP contribution is 2.23. The van der Waals surface area contributed by atoms with Crippen LogP contribution < -0.4 is 20.2 Å². The van der Waals surface area contributed by atoms with Gasteiger partial charge in [-0.15, -0.1) is 0 Å². The van der Waals surface area contributed by atoms with E-state index in [1.807, 2.05) is 31.2 Å². The number of amides is 2. The van der Waals surface area contributed by atoms with E-state index in [0.717, 1.165) is 12.0 Å². The predicted molar refractivity (Wildman–Crippen MR) is 104 cm³/mol. The van der Waals surface area contributed by atoms with Crippen molar-refractivity contribution in [3.05, 3.63) is 54.1 Å². The van der Waals surface area contributed by atoms with Crippen molar-refractivity contribution in [2.24, 2.45) is 5.10 Å². The minimum Gasteiger partial charge on any atom is -0.495 e. The zero-order valence-electron chi connectivity index (χ0n) is 15.4. The van der Waals surface area contributed by atoms with Crippen molar-refractivity contribution >= 4 is 23.7 Å². The van der Waals surface area contributed by atoms with Crippen molar-refractivity contribution in [2.45, 2.75) is 19.8 Å². The molecule has 0 fully saturated rings. The Kier molecular flexibility index (Phi) is 7.84. The van der Waals surface area contributed by atoms with Gasteiger partial charge in [-0.05, 0) is 30.7 Å². The van der Waals surface area contributed by atoms with Crippen LogP contribution in [0, 0.1) is 0 Å². The van der Waals surface area contributed by atoms with E-state index in [9.17, 15) is 9.59 Å². The number of ether oxygens (including phenoxy) is 2. The first-order chi connectivity index (χ1) is 13.1. The smallest absolute Gasteiger partial charge is 0.249 e. The van der Waals surface area contributed by atoms with Gasteiger partial charge in [0.2, 0.25) is 11.8 Å². The Balaban J connectivity index is 1.87. The normalized spacial score (nSPS) is 10.4. The first-order valence-corrected chi connectivity index (χ1v) is 8.60. The van der Waals surface area contributed by atoms with Crippen LogP contribution in [0.5, 0.6) is 11.5 Å². The molecule has 0 aliphatic rings. The van der Waals surface area contributed by atoms with Gasteiger partial charge in [-0.25, -0.2) is 5.43 Å². The average Bonchev–Trinajstić information content (AvgIpc) is 2.67. The van der Waals surface area contributed by atoms with Gasteiger partial charge in [0.1, 0.15) is 17.9 Å². The van der Waals surface area contributed by atoms with Crippen molar-refractivity contribution in [1.82, 2.24) is 5.43 Å². The molecule has 0 atom stereocenters. The third-order valence-corrected chi connectivity index (χ3v) is 3.48. The molecule has 27 heavy (non-hydrogen) atoms. The molecule has 2 aromatic rings. The topological polar surface area (TPSA) is 89.0 Å². The van der Waals surface area contributed by atoms with Crippen LogP contribution in [-0.4, -0.2) is 31.7 Å². The fraction of sp³-hybridized carbons (Fsp3) is 0.250. The fourth-order valence-corrected chi connectivity index (χ4v) is 2.23. The molecular weight excluding hydrogens is 346 g/mol. The number of rotatable bonds is 9. The maximum Gasteiger partial charge on any atom is 0.249 e. The number of carbonyl (C=O) groups is 2. The van der Waals surface area contributed by atoms with Crippen LogP contribution in [0.25, 0.3) is 0 Å². The molecular formula is C20H23N3O4. The van der Waals surface area contributed by atoms with E-state index in [-0.39, 0.29) is 6.42 Å². The van der Waals surface area contributed by atoms with Crippen LogP contribution in [0.3, 0.4) is 0 Å². The highest BCUT2D eigenvalue weighted by molar-refractivity contribution is 6.04. The zero-order chi connectivity index (χ0) is 19.5. The maximum absolute atomic E-state index is 12.0. The number of methoxy groups -OCH3 is 1. The molecule has 0 spiro atoms. The Morgan fingerprint density at radius 3 is 2.48 bits per heavy atom. The largest absolute Gasteiger partial charge is 0.495 e. The zero-order valence-corrected chi connectivity index (χ0v) is 15.4. The molecule has 0 bridgehead atoms. The lowest BCUT2D eigenvalue weighted by Crippen LogP contribution is -2.24. The molecule has 0 aliphatic carbocycles. The van der Waals surface area contributed by atoms with E-state index >= 15 is 0 Å². The first kappa shape index (κ1) is 20.0. The third kappa shape index (κ3) is 6.47. The fourth-order valence-electron chi connectivity index (χ4n) is 2.23. The molecule has 0 saturated heterocycles. The molecule has 7 heteroatoms. The number of nitrogens with zero attached hydrogens (tertiary/aromatic N) is 1. The van der Waals surface area contributed by atoms with Crippen LogP contribution >= 0.6 is 0 Å². The Hall–Kier alpha value is -3.35. The molecule has 0 saturated carbocycles. The number of hydrogen-bond acceptors (Lipinski definition) is 5. The highest BCUT2D eigenvalue weighted by atomic mass is 16.5. The summed E-state index contributed by atoms with van der Waals surface area (Å²) < 4.78 is 10.8. The molecule has 0 unspecified atom stereocenters. The average molecular weight is 369 g/mol. The summed E-state index contributed by atoms with van der Waals surface area (Å²) >= 11 is 0. The Morgan fingerprint density at radius 1 is 1.04 bits per heavy atom. The first-order valence-electron chi connectivity index (χ1n) is 8.60. The minimum atomic E-state index is -0.523. The predicted octanol–water partition coefficient (Wildman–Crippen LogP) is 2.96. The van der Waals surface area contributed by atoms with E-state index in [4.69, 9.17) is 9.47 Å². The number of nitrogens with one attached hydrogen (secondary N) is 2. The van der Waals surface area contributed by atoms with E-state index in [1.165, 1.54) is 13.3 Å². The molecule has 0 heterocycles. The van der Waals surface area contributed by atoms with E-state index in [2.05, 4.69) is 15.8 Å². The van der Waals surface area contributed by atoms with Crippen molar-refractivity contribution in [3.8, 4) is 11.5 Å². The van der Waals surface area contributed by atoms with Crippen molar-refractivity contribution in [1.29, 1.82) is 0 Å². The minimum absolute atomic E-state index is 0.358. The summed E-state index contributed by atoms with van der Waals surface area (Å²) in [6.45, 7) is 2.62. The van der Waals surface area contributed by atoms with Crippen molar-refractivity contribution < 1.29 is 19.1 Å². The Labute approximate surface area is 158 Å². The second-order valence-electron chi connectivity index (χ2n) is 5.60. The summed E-state index contributed by atoms with van der Waals surface area (Å²) in [7, 11) is 1.51. The molecule has 2 amide bonds. The molecule has 0 aliphatic heterocycles. The lowest BCUT2D eigenvalue weighted by atomic mass is 10.2. The van der Waals surface area contributed by atoms with Gasteiger partial charge >= 0.3 is 0 Å².